The van der Waals surface area contributed by atoms with Gasteiger partial charge < -0.3 is 14.2 Å². The summed E-state index contributed by atoms with van der Waals surface area (Å²) in [7, 11) is 5.11. The normalized spacial score (nSPS) is 16.3. The highest BCUT2D eigenvalue weighted by atomic mass is 32.1. The Balaban J connectivity index is 1.62. The van der Waals surface area contributed by atoms with Crippen LogP contribution in [0.1, 0.15) is 27.6 Å². The predicted octanol–water partition coefficient (Wildman–Crippen LogP) is 4.96. The third kappa shape index (κ3) is 4.11. The molecule has 2 heterocycles. The molecular weight excluding hydrogens is 382 g/mol. The van der Waals surface area contributed by atoms with E-state index in [9.17, 15) is 0 Å². The lowest BCUT2D eigenvalue weighted by Crippen LogP contribution is -2.37. The van der Waals surface area contributed by atoms with E-state index in [1.807, 2.05) is 23.5 Å². The summed E-state index contributed by atoms with van der Waals surface area (Å²) in [4.78, 5) is 3.96. The Morgan fingerprint density at radius 3 is 2.38 bits per heavy atom. The van der Waals surface area contributed by atoms with Crippen LogP contribution >= 0.6 is 11.3 Å². The van der Waals surface area contributed by atoms with Crippen molar-refractivity contribution in [1.82, 2.24) is 4.90 Å². The van der Waals surface area contributed by atoms with Gasteiger partial charge in [0.25, 0.3) is 0 Å². The van der Waals surface area contributed by atoms with E-state index in [0.717, 1.165) is 43.2 Å². The highest BCUT2D eigenvalue weighted by Gasteiger charge is 2.30. The number of thiophene rings is 1. The smallest absolute Gasteiger partial charge is 0.161 e. The molecule has 1 atom stereocenters. The maximum absolute atomic E-state index is 5.60. The van der Waals surface area contributed by atoms with Gasteiger partial charge in [0.15, 0.2) is 11.5 Å². The molecule has 152 valence electrons. The van der Waals surface area contributed by atoms with E-state index in [1.165, 1.54) is 21.6 Å². The van der Waals surface area contributed by atoms with E-state index in [-0.39, 0.29) is 6.04 Å². The summed E-state index contributed by atoms with van der Waals surface area (Å²) in [6, 6.07) is 17.3. The van der Waals surface area contributed by atoms with Crippen molar-refractivity contribution in [1.29, 1.82) is 0 Å². The zero-order valence-corrected chi connectivity index (χ0v) is 18.0. The van der Waals surface area contributed by atoms with Crippen molar-refractivity contribution in [3.05, 3.63) is 75.5 Å². The molecule has 1 unspecified atom stereocenters. The second kappa shape index (κ2) is 8.89. The Morgan fingerprint density at radius 1 is 0.966 bits per heavy atom. The fourth-order valence-electron chi connectivity index (χ4n) is 4.08. The number of ether oxygens (including phenoxy) is 3. The van der Waals surface area contributed by atoms with Crippen LogP contribution in [-0.2, 0) is 12.8 Å². The molecule has 4 nitrogen and oxygen atoms in total. The minimum absolute atomic E-state index is 0.247. The summed E-state index contributed by atoms with van der Waals surface area (Å²) < 4.78 is 16.4. The van der Waals surface area contributed by atoms with Crippen LogP contribution in [0.2, 0.25) is 0 Å². The van der Waals surface area contributed by atoms with Crippen LogP contribution in [0.25, 0.3) is 0 Å². The Morgan fingerprint density at radius 2 is 1.72 bits per heavy atom. The predicted molar refractivity (Wildman–Crippen MR) is 118 cm³/mol. The van der Waals surface area contributed by atoms with Crippen molar-refractivity contribution in [2.75, 3.05) is 34.4 Å². The molecule has 0 N–H and O–H groups in total. The molecule has 0 radical (unpaired) electrons. The fraction of sp³-hybridized carbons (Fsp3) is 0.333. The number of nitrogens with zero attached hydrogens (tertiary/aromatic N) is 1. The van der Waals surface area contributed by atoms with E-state index < -0.39 is 0 Å². The quantitative estimate of drug-likeness (QED) is 0.552. The molecule has 3 aromatic rings. The standard InChI is InChI=1S/C24H27NO3S/c1-26-19-8-6-17(7-9-19)10-12-25-13-11-18-15-21(27-2)22(28-3)16-20(18)24(25)23-5-4-14-29-23/h4-9,14-16,24H,10-13H2,1-3H3. The zero-order chi connectivity index (χ0) is 20.2. The summed E-state index contributed by atoms with van der Waals surface area (Å²) >= 11 is 1.82. The molecule has 0 aliphatic carbocycles. The topological polar surface area (TPSA) is 30.9 Å². The number of hydrogen-bond donors (Lipinski definition) is 0. The van der Waals surface area contributed by atoms with Crippen molar-refractivity contribution < 1.29 is 14.2 Å². The van der Waals surface area contributed by atoms with Gasteiger partial charge in [-0.3, -0.25) is 4.90 Å². The first-order valence-corrected chi connectivity index (χ1v) is 10.8. The van der Waals surface area contributed by atoms with E-state index in [0.29, 0.717) is 0 Å². The van der Waals surface area contributed by atoms with Crippen LogP contribution in [0, 0.1) is 0 Å². The summed E-state index contributed by atoms with van der Waals surface area (Å²) in [6.07, 6.45) is 2.02. The van der Waals surface area contributed by atoms with Gasteiger partial charge in [0, 0.05) is 18.0 Å². The first kappa shape index (κ1) is 19.8. The first-order valence-electron chi connectivity index (χ1n) is 9.88. The van der Waals surface area contributed by atoms with Crippen molar-refractivity contribution in [2.24, 2.45) is 0 Å². The number of benzene rings is 2. The highest BCUT2D eigenvalue weighted by molar-refractivity contribution is 7.10. The lowest BCUT2D eigenvalue weighted by Gasteiger charge is -2.37. The number of hydrogen-bond acceptors (Lipinski definition) is 5. The van der Waals surface area contributed by atoms with Gasteiger partial charge in [0.1, 0.15) is 5.75 Å². The van der Waals surface area contributed by atoms with Crippen LogP contribution in [0.5, 0.6) is 17.2 Å². The van der Waals surface area contributed by atoms with Gasteiger partial charge in [0.05, 0.1) is 27.4 Å². The molecule has 0 saturated heterocycles. The van der Waals surface area contributed by atoms with Crippen LogP contribution in [0.3, 0.4) is 0 Å². The van der Waals surface area contributed by atoms with Crippen LogP contribution in [0.4, 0.5) is 0 Å². The molecule has 0 amide bonds. The fourth-order valence-corrected chi connectivity index (χ4v) is 4.96. The molecule has 4 rings (SSSR count). The third-order valence-electron chi connectivity index (χ3n) is 5.63. The Labute approximate surface area is 176 Å². The average molecular weight is 410 g/mol. The zero-order valence-electron chi connectivity index (χ0n) is 17.2. The summed E-state index contributed by atoms with van der Waals surface area (Å²) in [6.45, 7) is 2.03. The maximum Gasteiger partial charge on any atom is 0.161 e. The molecule has 0 saturated carbocycles. The van der Waals surface area contributed by atoms with E-state index in [2.05, 4.69) is 46.7 Å². The molecule has 0 spiro atoms. The third-order valence-corrected chi connectivity index (χ3v) is 6.56. The van der Waals surface area contributed by atoms with Crippen molar-refractivity contribution in [3.63, 3.8) is 0 Å². The lowest BCUT2D eigenvalue weighted by molar-refractivity contribution is 0.217. The lowest BCUT2D eigenvalue weighted by atomic mass is 9.90. The van der Waals surface area contributed by atoms with Crippen molar-refractivity contribution in [2.45, 2.75) is 18.9 Å². The van der Waals surface area contributed by atoms with Crippen LogP contribution in [-0.4, -0.2) is 39.3 Å². The van der Waals surface area contributed by atoms with Crippen molar-refractivity contribution in [3.8, 4) is 17.2 Å². The maximum atomic E-state index is 5.60. The van der Waals surface area contributed by atoms with Gasteiger partial charge in [-0.15, -0.1) is 11.3 Å². The largest absolute Gasteiger partial charge is 0.497 e. The Hall–Kier alpha value is -2.50. The summed E-state index contributed by atoms with van der Waals surface area (Å²) in [5.41, 5.74) is 4.00. The molecule has 1 aliphatic heterocycles. The molecule has 29 heavy (non-hydrogen) atoms. The van der Waals surface area contributed by atoms with Gasteiger partial charge >= 0.3 is 0 Å². The van der Waals surface area contributed by atoms with Crippen LogP contribution in [0.15, 0.2) is 53.9 Å². The van der Waals surface area contributed by atoms with Crippen molar-refractivity contribution >= 4 is 11.3 Å². The van der Waals surface area contributed by atoms with Gasteiger partial charge in [-0.25, -0.2) is 0 Å². The SMILES string of the molecule is COc1ccc(CCN2CCc3cc(OC)c(OC)cc3C2c2cccs2)cc1. The molecule has 5 heteroatoms. The van der Waals surface area contributed by atoms with Gasteiger partial charge in [-0.2, -0.15) is 0 Å². The Kier molecular flexibility index (Phi) is 6.07. The highest BCUT2D eigenvalue weighted by Crippen LogP contribution is 2.42. The summed E-state index contributed by atoms with van der Waals surface area (Å²) in [5, 5.41) is 2.16. The second-order valence-corrected chi connectivity index (χ2v) is 8.19. The molecule has 1 aliphatic rings. The molecule has 1 aromatic heterocycles. The number of fused-ring (bicyclic) bond motifs is 1. The Bertz CT molecular complexity index is 938. The summed E-state index contributed by atoms with van der Waals surface area (Å²) in [5.74, 6) is 2.51. The second-order valence-electron chi connectivity index (χ2n) is 7.21. The van der Waals surface area contributed by atoms with Crippen LogP contribution < -0.4 is 14.2 Å². The van der Waals surface area contributed by atoms with E-state index in [4.69, 9.17) is 14.2 Å². The number of rotatable bonds is 7. The van der Waals surface area contributed by atoms with Gasteiger partial charge in [-0.05, 0) is 65.2 Å². The molecule has 0 bridgehead atoms. The van der Waals surface area contributed by atoms with E-state index >= 15 is 0 Å². The first-order chi connectivity index (χ1) is 14.2. The van der Waals surface area contributed by atoms with Gasteiger partial charge in [0.2, 0.25) is 0 Å². The molecular formula is C24H27NO3S. The van der Waals surface area contributed by atoms with Gasteiger partial charge in [-0.1, -0.05) is 18.2 Å². The molecule has 2 aromatic carbocycles. The average Bonchev–Trinajstić information content (AvgIpc) is 3.31. The monoisotopic (exact) mass is 409 g/mol. The minimum Gasteiger partial charge on any atom is -0.497 e. The van der Waals surface area contributed by atoms with E-state index in [1.54, 1.807) is 21.3 Å². The molecule has 0 fully saturated rings. The minimum atomic E-state index is 0.247. The number of methoxy groups -OCH3 is 3.